The summed E-state index contributed by atoms with van der Waals surface area (Å²) in [4.78, 5) is 13.8. The van der Waals surface area contributed by atoms with Gasteiger partial charge in [0.05, 0.1) is 0 Å². The van der Waals surface area contributed by atoms with E-state index in [0.29, 0.717) is 0 Å². The third-order valence-electron chi connectivity index (χ3n) is 2.08. The summed E-state index contributed by atoms with van der Waals surface area (Å²) in [6, 6.07) is 3.93. The van der Waals surface area contributed by atoms with Gasteiger partial charge in [-0.3, -0.25) is 10.1 Å². The number of amides is 1. The molecule has 1 aromatic heterocycles. The fourth-order valence-corrected chi connectivity index (χ4v) is 2.39. The number of aryl methyl sites for hydroxylation is 1. The van der Waals surface area contributed by atoms with Gasteiger partial charge in [-0.2, -0.15) is 0 Å². The van der Waals surface area contributed by atoms with Gasteiger partial charge in [0.1, 0.15) is 6.04 Å². The molecule has 1 atom stereocenters. The van der Waals surface area contributed by atoms with E-state index in [4.69, 9.17) is 0 Å². The maximum atomic E-state index is 11.4. The van der Waals surface area contributed by atoms with Crippen LogP contribution in [-0.4, -0.2) is 19.0 Å². The van der Waals surface area contributed by atoms with E-state index in [0.717, 1.165) is 18.0 Å². The average molecular weight is 196 g/mol. The zero-order chi connectivity index (χ0) is 9.26. The monoisotopic (exact) mass is 196 g/mol. The minimum absolute atomic E-state index is 0.0908. The number of nitrogens with one attached hydrogen (secondary N) is 2. The highest BCUT2D eigenvalue weighted by Gasteiger charge is 2.23. The van der Waals surface area contributed by atoms with Crippen molar-refractivity contribution in [3.05, 3.63) is 21.9 Å². The van der Waals surface area contributed by atoms with Crippen molar-refractivity contribution < 1.29 is 4.79 Å². The van der Waals surface area contributed by atoms with Gasteiger partial charge in [-0.1, -0.05) is 0 Å². The van der Waals surface area contributed by atoms with Crippen LogP contribution in [0.1, 0.15) is 15.8 Å². The van der Waals surface area contributed by atoms with Gasteiger partial charge in [-0.05, 0) is 19.1 Å². The Morgan fingerprint density at radius 1 is 1.46 bits per heavy atom. The number of hydrogen-bond donors (Lipinski definition) is 2. The summed E-state index contributed by atoms with van der Waals surface area (Å²) in [5.74, 6) is 0.0908. The van der Waals surface area contributed by atoms with Crippen molar-refractivity contribution in [2.75, 3.05) is 13.1 Å². The molecule has 0 aromatic carbocycles. The first-order valence-electron chi connectivity index (χ1n) is 4.35. The molecule has 1 amide bonds. The van der Waals surface area contributed by atoms with Crippen molar-refractivity contribution in [1.29, 1.82) is 0 Å². The molecule has 1 aliphatic heterocycles. The minimum atomic E-state index is -0.132. The Morgan fingerprint density at radius 3 is 2.92 bits per heavy atom. The van der Waals surface area contributed by atoms with Crippen LogP contribution in [0.5, 0.6) is 0 Å². The minimum Gasteiger partial charge on any atom is -0.353 e. The number of hydrogen-bond acceptors (Lipinski definition) is 3. The number of carbonyl (C=O) groups is 1. The first kappa shape index (κ1) is 8.72. The molecule has 1 saturated heterocycles. The number of rotatable bonds is 1. The van der Waals surface area contributed by atoms with Crippen molar-refractivity contribution >= 4 is 17.2 Å². The molecule has 1 aliphatic rings. The molecule has 70 valence electrons. The standard InChI is InChI=1S/C9H12N2OS/c1-6-2-3-7(13-6)8-9(12)11-5-4-10-8/h2-3,8,10H,4-5H2,1H3,(H,11,12). The van der Waals surface area contributed by atoms with Gasteiger partial charge < -0.3 is 5.32 Å². The largest absolute Gasteiger partial charge is 0.353 e. The summed E-state index contributed by atoms with van der Waals surface area (Å²) < 4.78 is 0. The van der Waals surface area contributed by atoms with Crippen LogP contribution >= 0.6 is 11.3 Å². The lowest BCUT2D eigenvalue weighted by Crippen LogP contribution is -2.46. The number of carbonyl (C=O) groups excluding carboxylic acids is 1. The summed E-state index contributed by atoms with van der Waals surface area (Å²) in [6.07, 6.45) is 0. The van der Waals surface area contributed by atoms with Gasteiger partial charge in [0.2, 0.25) is 5.91 Å². The lowest BCUT2D eigenvalue weighted by atomic mass is 10.2. The van der Waals surface area contributed by atoms with E-state index in [1.54, 1.807) is 11.3 Å². The molecule has 1 fully saturated rings. The predicted molar refractivity (Wildman–Crippen MR) is 52.8 cm³/mol. The lowest BCUT2D eigenvalue weighted by molar-refractivity contribution is -0.124. The Labute approximate surface area is 81.2 Å². The van der Waals surface area contributed by atoms with E-state index >= 15 is 0 Å². The molecule has 3 nitrogen and oxygen atoms in total. The third-order valence-corrected chi connectivity index (χ3v) is 3.15. The van der Waals surface area contributed by atoms with E-state index in [2.05, 4.69) is 17.6 Å². The zero-order valence-corrected chi connectivity index (χ0v) is 8.28. The molecule has 0 saturated carbocycles. The summed E-state index contributed by atoms with van der Waals surface area (Å²) in [7, 11) is 0. The second-order valence-corrected chi connectivity index (χ2v) is 4.45. The van der Waals surface area contributed by atoms with Gasteiger partial charge in [0, 0.05) is 22.8 Å². The molecule has 2 rings (SSSR count). The van der Waals surface area contributed by atoms with Crippen LogP contribution in [0.2, 0.25) is 0 Å². The van der Waals surface area contributed by atoms with Gasteiger partial charge in [-0.15, -0.1) is 11.3 Å². The maximum Gasteiger partial charge on any atom is 0.242 e. The smallest absolute Gasteiger partial charge is 0.242 e. The van der Waals surface area contributed by atoms with E-state index in [9.17, 15) is 4.79 Å². The Bertz CT molecular complexity index is 321. The van der Waals surface area contributed by atoms with Crippen molar-refractivity contribution in [2.45, 2.75) is 13.0 Å². The first-order valence-corrected chi connectivity index (χ1v) is 5.16. The van der Waals surface area contributed by atoms with Crippen LogP contribution in [0.3, 0.4) is 0 Å². The van der Waals surface area contributed by atoms with Crippen LogP contribution in [-0.2, 0) is 4.79 Å². The molecular weight excluding hydrogens is 184 g/mol. The van der Waals surface area contributed by atoms with Gasteiger partial charge in [-0.25, -0.2) is 0 Å². The maximum absolute atomic E-state index is 11.4. The van der Waals surface area contributed by atoms with Crippen LogP contribution in [0.4, 0.5) is 0 Å². The molecule has 0 spiro atoms. The molecular formula is C9H12N2OS. The van der Waals surface area contributed by atoms with E-state index in [1.807, 2.05) is 12.1 Å². The molecule has 1 unspecified atom stereocenters. The summed E-state index contributed by atoms with van der Waals surface area (Å²) in [5, 5.41) is 6.04. The Hall–Kier alpha value is -0.870. The average Bonchev–Trinajstić information content (AvgIpc) is 2.53. The van der Waals surface area contributed by atoms with Crippen LogP contribution in [0.15, 0.2) is 12.1 Å². The highest BCUT2D eigenvalue weighted by atomic mass is 32.1. The van der Waals surface area contributed by atoms with Crippen LogP contribution in [0.25, 0.3) is 0 Å². The molecule has 2 heterocycles. The Morgan fingerprint density at radius 2 is 2.31 bits per heavy atom. The van der Waals surface area contributed by atoms with Gasteiger partial charge in [0.25, 0.3) is 0 Å². The number of piperazine rings is 1. The topological polar surface area (TPSA) is 41.1 Å². The zero-order valence-electron chi connectivity index (χ0n) is 7.46. The van der Waals surface area contributed by atoms with Gasteiger partial charge >= 0.3 is 0 Å². The summed E-state index contributed by atoms with van der Waals surface area (Å²) in [6.45, 7) is 3.64. The Kier molecular flexibility index (Phi) is 2.33. The third kappa shape index (κ3) is 1.73. The molecule has 0 aliphatic carbocycles. The molecule has 2 N–H and O–H groups in total. The second-order valence-electron chi connectivity index (χ2n) is 3.13. The second kappa shape index (κ2) is 3.47. The highest BCUT2D eigenvalue weighted by Crippen LogP contribution is 2.23. The quantitative estimate of drug-likeness (QED) is 0.698. The van der Waals surface area contributed by atoms with Crippen molar-refractivity contribution in [3.8, 4) is 0 Å². The first-order chi connectivity index (χ1) is 6.27. The predicted octanol–water partition coefficient (Wildman–Crippen LogP) is 0.817. The summed E-state index contributed by atoms with van der Waals surface area (Å²) in [5.41, 5.74) is 0. The van der Waals surface area contributed by atoms with E-state index < -0.39 is 0 Å². The lowest BCUT2D eigenvalue weighted by Gasteiger charge is -2.22. The van der Waals surface area contributed by atoms with Crippen molar-refractivity contribution in [3.63, 3.8) is 0 Å². The molecule has 13 heavy (non-hydrogen) atoms. The van der Waals surface area contributed by atoms with E-state index in [-0.39, 0.29) is 11.9 Å². The molecule has 0 bridgehead atoms. The molecule has 1 aromatic rings. The van der Waals surface area contributed by atoms with Crippen molar-refractivity contribution in [2.24, 2.45) is 0 Å². The molecule has 0 radical (unpaired) electrons. The van der Waals surface area contributed by atoms with Crippen molar-refractivity contribution in [1.82, 2.24) is 10.6 Å². The fraction of sp³-hybridized carbons (Fsp3) is 0.444. The molecule has 4 heteroatoms. The van der Waals surface area contributed by atoms with Crippen LogP contribution < -0.4 is 10.6 Å². The SMILES string of the molecule is Cc1ccc(C2NCCNC2=O)s1. The Balaban J connectivity index is 2.19. The summed E-state index contributed by atoms with van der Waals surface area (Å²) >= 11 is 1.67. The normalized spacial score (nSPS) is 22.8. The number of thiophene rings is 1. The highest BCUT2D eigenvalue weighted by molar-refractivity contribution is 7.12. The van der Waals surface area contributed by atoms with Crippen LogP contribution in [0, 0.1) is 6.92 Å². The fourth-order valence-electron chi connectivity index (χ4n) is 1.44. The van der Waals surface area contributed by atoms with Gasteiger partial charge in [0.15, 0.2) is 0 Å². The van der Waals surface area contributed by atoms with E-state index in [1.165, 1.54) is 4.88 Å².